The van der Waals surface area contributed by atoms with Gasteiger partial charge in [-0.1, -0.05) is 0 Å². The number of nitrogens with one attached hydrogen (secondary N) is 1. The summed E-state index contributed by atoms with van der Waals surface area (Å²) in [6.45, 7) is 2.10. The lowest BCUT2D eigenvalue weighted by Gasteiger charge is -2.37. The Labute approximate surface area is 241 Å². The van der Waals surface area contributed by atoms with Gasteiger partial charge in [0, 0.05) is 36.8 Å². The molecule has 220 valence electrons. The SMILES string of the molecule is COc1cc2sc(CNC(=O)C3(C(C=O)C[O-])Cc4cc(F)c(F)cc4C3)nc2cc1OCC1CC[N+](C)(C)CC1. The molecule has 2 aromatic carbocycles. The summed E-state index contributed by atoms with van der Waals surface area (Å²) in [5.74, 6) is -2.01. The molecule has 1 aliphatic carbocycles. The van der Waals surface area contributed by atoms with E-state index in [1.807, 2.05) is 12.1 Å². The molecule has 3 aromatic rings. The van der Waals surface area contributed by atoms with Crippen LogP contribution >= 0.6 is 11.3 Å². The van der Waals surface area contributed by atoms with Gasteiger partial charge in [0.25, 0.3) is 0 Å². The van der Waals surface area contributed by atoms with Crippen LogP contribution in [0, 0.1) is 28.9 Å². The molecule has 1 fully saturated rings. The molecule has 8 nitrogen and oxygen atoms in total. The van der Waals surface area contributed by atoms with Gasteiger partial charge in [-0.3, -0.25) is 4.79 Å². The number of hydrogen-bond acceptors (Lipinski definition) is 7. The number of methoxy groups -OCH3 is 1. The number of carbonyl (C=O) groups excluding carboxylic acids is 2. The number of rotatable bonds is 10. The minimum atomic E-state index is -1.42. The Kier molecular flexibility index (Phi) is 8.31. The molecule has 1 unspecified atom stereocenters. The zero-order valence-corrected chi connectivity index (χ0v) is 24.3. The second-order valence-corrected chi connectivity index (χ2v) is 13.0. The molecule has 2 heterocycles. The molecule has 1 amide bonds. The second kappa shape index (κ2) is 11.6. The molecule has 1 aromatic heterocycles. The van der Waals surface area contributed by atoms with Crippen molar-refractivity contribution in [3.05, 3.63) is 52.0 Å². The lowest BCUT2D eigenvalue weighted by Crippen LogP contribution is -2.50. The molecule has 11 heteroatoms. The summed E-state index contributed by atoms with van der Waals surface area (Å²) in [5, 5.41) is 15.4. The number of fused-ring (bicyclic) bond motifs is 2. The number of thiazole rings is 1. The van der Waals surface area contributed by atoms with Crippen LogP contribution in [0.1, 0.15) is 29.0 Å². The van der Waals surface area contributed by atoms with Crippen molar-refractivity contribution < 1.29 is 37.4 Å². The van der Waals surface area contributed by atoms with Gasteiger partial charge in [0.15, 0.2) is 23.1 Å². The monoisotopic (exact) mass is 587 g/mol. The molecule has 41 heavy (non-hydrogen) atoms. The minimum Gasteiger partial charge on any atom is -0.854 e. The van der Waals surface area contributed by atoms with Crippen LogP contribution in [0.5, 0.6) is 11.5 Å². The number of piperidine rings is 1. The number of aldehydes is 1. The van der Waals surface area contributed by atoms with Gasteiger partial charge >= 0.3 is 0 Å². The van der Waals surface area contributed by atoms with E-state index in [0.717, 1.165) is 47.2 Å². The average Bonchev–Trinajstić information content (AvgIpc) is 3.52. The first-order valence-corrected chi connectivity index (χ1v) is 14.6. The molecule has 0 saturated carbocycles. The summed E-state index contributed by atoms with van der Waals surface area (Å²) in [6.07, 6.45) is 2.64. The number of ether oxygens (including phenoxy) is 2. The van der Waals surface area contributed by atoms with Crippen molar-refractivity contribution >= 4 is 33.7 Å². The number of benzene rings is 2. The molecular weight excluding hydrogens is 552 g/mol. The summed E-state index contributed by atoms with van der Waals surface area (Å²) in [6, 6.07) is 5.80. The third kappa shape index (κ3) is 5.93. The van der Waals surface area contributed by atoms with Crippen LogP contribution in [0.15, 0.2) is 24.3 Å². The number of likely N-dealkylation sites (tertiary alicyclic amines) is 1. The Bertz CT molecular complexity index is 1420. The van der Waals surface area contributed by atoms with E-state index < -0.39 is 35.5 Å². The quantitative estimate of drug-likeness (QED) is 0.289. The van der Waals surface area contributed by atoms with Crippen molar-refractivity contribution in [2.75, 3.05) is 47.5 Å². The lowest BCUT2D eigenvalue weighted by molar-refractivity contribution is -0.896. The number of quaternary nitrogens is 1. The molecule has 2 aliphatic rings. The summed E-state index contributed by atoms with van der Waals surface area (Å²) in [7, 11) is 6.08. The number of aromatic nitrogens is 1. The number of nitrogens with zero attached hydrogens (tertiary/aromatic N) is 2. The van der Waals surface area contributed by atoms with Crippen molar-refractivity contribution in [1.29, 1.82) is 0 Å². The Balaban J connectivity index is 1.30. The highest BCUT2D eigenvalue weighted by Gasteiger charge is 2.48. The van der Waals surface area contributed by atoms with E-state index in [0.29, 0.717) is 52.0 Å². The molecule has 5 rings (SSSR count). The zero-order valence-electron chi connectivity index (χ0n) is 23.5. The summed E-state index contributed by atoms with van der Waals surface area (Å²) in [5.41, 5.74) is 0.140. The maximum atomic E-state index is 13.9. The molecular formula is C30H35F2N3O5S. The topological polar surface area (TPSA) is 101 Å². The Morgan fingerprint density at radius 2 is 1.83 bits per heavy atom. The Morgan fingerprint density at radius 1 is 1.17 bits per heavy atom. The molecule has 0 spiro atoms. The van der Waals surface area contributed by atoms with Gasteiger partial charge in [-0.25, -0.2) is 13.8 Å². The highest BCUT2D eigenvalue weighted by molar-refractivity contribution is 7.18. The van der Waals surface area contributed by atoms with Crippen LogP contribution in [-0.4, -0.2) is 69.2 Å². The predicted octanol–water partition coefficient (Wildman–Crippen LogP) is 3.03. The lowest BCUT2D eigenvalue weighted by atomic mass is 9.73. The summed E-state index contributed by atoms with van der Waals surface area (Å²) < 4.78 is 41.4. The fourth-order valence-corrected chi connectivity index (χ4v) is 6.90. The maximum absolute atomic E-state index is 13.9. The molecule has 0 radical (unpaired) electrons. The molecule has 1 saturated heterocycles. The van der Waals surface area contributed by atoms with Gasteiger partial charge < -0.3 is 29.2 Å². The van der Waals surface area contributed by atoms with Crippen molar-refractivity contribution in [2.24, 2.45) is 17.3 Å². The van der Waals surface area contributed by atoms with Crippen LogP contribution in [0.4, 0.5) is 8.78 Å². The number of hydrogen-bond donors (Lipinski definition) is 1. The first-order valence-electron chi connectivity index (χ1n) is 13.8. The van der Waals surface area contributed by atoms with Crippen molar-refractivity contribution in [1.82, 2.24) is 10.3 Å². The van der Waals surface area contributed by atoms with Gasteiger partial charge in [0.1, 0.15) is 11.3 Å². The predicted molar refractivity (Wildman–Crippen MR) is 149 cm³/mol. The largest absolute Gasteiger partial charge is 0.854 e. The minimum absolute atomic E-state index is 0.0216. The van der Waals surface area contributed by atoms with Gasteiger partial charge in [-0.05, 0) is 36.1 Å². The van der Waals surface area contributed by atoms with E-state index >= 15 is 0 Å². The zero-order chi connectivity index (χ0) is 29.4. The van der Waals surface area contributed by atoms with Crippen LogP contribution in [-0.2, 0) is 29.0 Å². The number of carbonyl (C=O) groups is 2. The standard InChI is InChI=1S/C30H35F2N3O5S/c1-35(2)6-4-18(5-7-35)17-40-26-10-24-27(11-25(26)39-3)41-28(34-24)14-33-29(38)30(21(15-36)16-37)12-19-8-22(31)23(32)9-20(19)13-30/h8-11,15,18,21H,4-7,12-14,16-17H2,1-3H3,(H,33,38). The van der Waals surface area contributed by atoms with Crippen LogP contribution in [0.3, 0.4) is 0 Å². The molecule has 0 bridgehead atoms. The molecule has 1 N–H and O–H groups in total. The highest BCUT2D eigenvalue weighted by atomic mass is 32.1. The Morgan fingerprint density at radius 3 is 2.41 bits per heavy atom. The second-order valence-electron chi connectivity index (χ2n) is 11.9. The Hall–Kier alpha value is -3.15. The van der Waals surface area contributed by atoms with Crippen molar-refractivity contribution in [3.8, 4) is 11.5 Å². The van der Waals surface area contributed by atoms with Crippen molar-refractivity contribution in [2.45, 2.75) is 32.2 Å². The third-order valence-corrected chi connectivity index (χ3v) is 9.66. The normalized spacial score (nSPS) is 18.6. The van der Waals surface area contributed by atoms with E-state index in [1.165, 1.54) is 11.3 Å². The number of amides is 1. The van der Waals surface area contributed by atoms with Gasteiger partial charge in [0.05, 0.1) is 63.1 Å². The van der Waals surface area contributed by atoms with E-state index in [4.69, 9.17) is 9.47 Å². The van der Waals surface area contributed by atoms with E-state index in [9.17, 15) is 23.5 Å². The van der Waals surface area contributed by atoms with Gasteiger partial charge in [0.2, 0.25) is 5.91 Å². The van der Waals surface area contributed by atoms with Gasteiger partial charge in [-0.15, -0.1) is 17.9 Å². The molecule has 1 atom stereocenters. The van der Waals surface area contributed by atoms with E-state index in [1.54, 1.807) is 7.11 Å². The summed E-state index contributed by atoms with van der Waals surface area (Å²) >= 11 is 1.38. The van der Waals surface area contributed by atoms with Gasteiger partial charge in [-0.2, -0.15) is 0 Å². The van der Waals surface area contributed by atoms with Crippen LogP contribution in [0.25, 0.3) is 10.2 Å². The van der Waals surface area contributed by atoms with Crippen LogP contribution in [0.2, 0.25) is 0 Å². The fourth-order valence-electron chi connectivity index (χ4n) is 5.98. The third-order valence-electron chi connectivity index (χ3n) is 8.64. The summed E-state index contributed by atoms with van der Waals surface area (Å²) in [4.78, 5) is 30.0. The van der Waals surface area contributed by atoms with Crippen LogP contribution < -0.4 is 19.9 Å². The maximum Gasteiger partial charge on any atom is 0.227 e. The smallest absolute Gasteiger partial charge is 0.227 e. The first-order chi connectivity index (χ1) is 19.6. The fraction of sp³-hybridized carbons (Fsp3) is 0.500. The highest BCUT2D eigenvalue weighted by Crippen LogP contribution is 2.43. The first kappa shape index (κ1) is 29.3. The molecule has 1 aliphatic heterocycles. The van der Waals surface area contributed by atoms with E-state index in [2.05, 4.69) is 24.4 Å². The number of halogens is 2. The van der Waals surface area contributed by atoms with E-state index in [-0.39, 0.29) is 19.4 Å². The average molecular weight is 588 g/mol. The van der Waals surface area contributed by atoms with Crippen molar-refractivity contribution in [3.63, 3.8) is 0 Å².